The molecule has 0 fully saturated rings. The van der Waals surface area contributed by atoms with Crippen LogP contribution in [0, 0.1) is 17.6 Å². The number of aromatic carboxylic acids is 1. The van der Waals surface area contributed by atoms with Gasteiger partial charge < -0.3 is 10.4 Å². The lowest BCUT2D eigenvalue weighted by Crippen LogP contribution is -2.14. The van der Waals surface area contributed by atoms with Crippen LogP contribution in [0.15, 0.2) is 12.1 Å². The molecule has 100 valence electrons. The maximum Gasteiger partial charge on any atom is 0.338 e. The molecule has 2 N–H and O–H groups in total. The highest BCUT2D eigenvalue weighted by atomic mass is 19.2. The number of rotatable bonds is 6. The summed E-state index contributed by atoms with van der Waals surface area (Å²) < 4.78 is 27.0. The molecular formula is C13H17F2NO2. The van der Waals surface area contributed by atoms with E-state index in [-0.39, 0.29) is 5.69 Å². The third-order valence-electron chi connectivity index (χ3n) is 3.05. The molecule has 0 saturated heterocycles. The van der Waals surface area contributed by atoms with Crippen LogP contribution < -0.4 is 5.32 Å². The average molecular weight is 257 g/mol. The van der Waals surface area contributed by atoms with Crippen LogP contribution in [0.1, 0.15) is 37.0 Å². The van der Waals surface area contributed by atoms with E-state index in [1.54, 1.807) is 0 Å². The number of nitrogens with one attached hydrogen (secondary N) is 1. The lowest BCUT2D eigenvalue weighted by Gasteiger charge is -2.15. The van der Waals surface area contributed by atoms with Crippen molar-refractivity contribution in [3.8, 4) is 0 Å². The molecule has 1 aromatic rings. The molecule has 0 unspecified atom stereocenters. The molecule has 0 saturated carbocycles. The molecule has 0 aliphatic carbocycles. The average Bonchev–Trinajstić information content (AvgIpc) is 2.35. The summed E-state index contributed by atoms with van der Waals surface area (Å²) in [5.41, 5.74) is -0.648. The van der Waals surface area contributed by atoms with Crippen LogP contribution in [0.25, 0.3) is 0 Å². The van der Waals surface area contributed by atoms with Gasteiger partial charge in [0.15, 0.2) is 11.6 Å². The van der Waals surface area contributed by atoms with Gasteiger partial charge in [0.05, 0.1) is 11.3 Å². The van der Waals surface area contributed by atoms with Crippen molar-refractivity contribution in [1.82, 2.24) is 0 Å². The predicted molar refractivity (Wildman–Crippen MR) is 65.9 cm³/mol. The molecule has 0 heterocycles. The summed E-state index contributed by atoms with van der Waals surface area (Å²) in [6, 6.07) is 2.32. The SMILES string of the molecule is CCC(CC)CNc1ccc(C(=O)O)c(F)c1F. The smallest absolute Gasteiger partial charge is 0.338 e. The second-order valence-corrected chi connectivity index (χ2v) is 4.16. The molecule has 0 bridgehead atoms. The number of carboxylic acid groups (broad SMARTS) is 1. The van der Waals surface area contributed by atoms with Crippen LogP contribution in [0.3, 0.4) is 0 Å². The maximum absolute atomic E-state index is 13.6. The highest BCUT2D eigenvalue weighted by Crippen LogP contribution is 2.21. The van der Waals surface area contributed by atoms with Gasteiger partial charge in [-0.25, -0.2) is 13.6 Å². The van der Waals surface area contributed by atoms with Crippen LogP contribution in [-0.4, -0.2) is 17.6 Å². The van der Waals surface area contributed by atoms with E-state index in [1.807, 2.05) is 13.8 Å². The van der Waals surface area contributed by atoms with Crippen LogP contribution in [0.4, 0.5) is 14.5 Å². The molecule has 0 atom stereocenters. The Morgan fingerprint density at radius 2 is 1.89 bits per heavy atom. The summed E-state index contributed by atoms with van der Waals surface area (Å²) in [7, 11) is 0. The highest BCUT2D eigenvalue weighted by Gasteiger charge is 2.18. The number of hydrogen-bond acceptors (Lipinski definition) is 2. The summed E-state index contributed by atoms with van der Waals surface area (Å²) in [6.45, 7) is 4.59. The van der Waals surface area contributed by atoms with Gasteiger partial charge in [-0.3, -0.25) is 0 Å². The van der Waals surface area contributed by atoms with Gasteiger partial charge in [0, 0.05) is 6.54 Å². The summed E-state index contributed by atoms with van der Waals surface area (Å²) >= 11 is 0. The molecule has 0 aliphatic heterocycles. The number of carboxylic acids is 1. The van der Waals surface area contributed by atoms with Crippen LogP contribution in [0.2, 0.25) is 0 Å². The van der Waals surface area contributed by atoms with Gasteiger partial charge in [0.25, 0.3) is 0 Å². The van der Waals surface area contributed by atoms with Gasteiger partial charge in [0.1, 0.15) is 0 Å². The van der Waals surface area contributed by atoms with Gasteiger partial charge in [-0.05, 0) is 18.1 Å². The summed E-state index contributed by atoms with van der Waals surface area (Å²) in [4.78, 5) is 10.6. The van der Waals surface area contributed by atoms with Crippen LogP contribution >= 0.6 is 0 Å². The Hall–Kier alpha value is -1.65. The predicted octanol–water partition coefficient (Wildman–Crippen LogP) is 3.51. The van der Waals surface area contributed by atoms with Gasteiger partial charge in [-0.2, -0.15) is 0 Å². The molecule has 5 heteroatoms. The van der Waals surface area contributed by atoms with Crippen molar-refractivity contribution in [2.75, 3.05) is 11.9 Å². The Bertz CT molecular complexity index is 431. The lowest BCUT2D eigenvalue weighted by molar-refractivity contribution is 0.0690. The van der Waals surface area contributed by atoms with E-state index in [0.717, 1.165) is 18.9 Å². The summed E-state index contributed by atoms with van der Waals surface area (Å²) in [5.74, 6) is -3.55. The number of halogens is 2. The molecule has 18 heavy (non-hydrogen) atoms. The first-order valence-electron chi connectivity index (χ1n) is 5.96. The topological polar surface area (TPSA) is 49.3 Å². The van der Waals surface area contributed by atoms with E-state index in [0.29, 0.717) is 12.5 Å². The molecular weight excluding hydrogens is 240 g/mol. The Morgan fingerprint density at radius 1 is 1.28 bits per heavy atom. The Kier molecular flexibility index (Phi) is 5.07. The monoisotopic (exact) mass is 257 g/mol. The molecule has 3 nitrogen and oxygen atoms in total. The van der Waals surface area contributed by atoms with Crippen molar-refractivity contribution in [2.24, 2.45) is 5.92 Å². The summed E-state index contributed by atoms with van der Waals surface area (Å²) in [5, 5.41) is 11.5. The summed E-state index contributed by atoms with van der Waals surface area (Å²) in [6.07, 6.45) is 1.89. The third-order valence-corrected chi connectivity index (χ3v) is 3.05. The fourth-order valence-corrected chi connectivity index (χ4v) is 1.68. The Balaban J connectivity index is 2.86. The van der Waals surface area contributed by atoms with Crippen molar-refractivity contribution < 1.29 is 18.7 Å². The molecule has 1 aromatic carbocycles. The second-order valence-electron chi connectivity index (χ2n) is 4.16. The lowest BCUT2D eigenvalue weighted by atomic mass is 10.0. The van der Waals surface area contributed by atoms with E-state index in [2.05, 4.69) is 5.32 Å². The standard InChI is InChI=1S/C13H17F2NO2/c1-3-8(4-2)7-16-10-6-5-9(13(17)18)11(14)12(10)15/h5-6,8,16H,3-4,7H2,1-2H3,(H,17,18). The quantitative estimate of drug-likeness (QED) is 0.819. The van der Waals surface area contributed by atoms with Crippen molar-refractivity contribution in [3.05, 3.63) is 29.3 Å². The normalized spacial score (nSPS) is 10.7. The first-order chi connectivity index (χ1) is 8.51. The number of anilines is 1. The minimum atomic E-state index is -1.47. The Morgan fingerprint density at radius 3 is 2.39 bits per heavy atom. The molecule has 0 spiro atoms. The third kappa shape index (κ3) is 3.18. The number of hydrogen-bond donors (Lipinski definition) is 2. The van der Waals surface area contributed by atoms with E-state index < -0.39 is 23.2 Å². The largest absolute Gasteiger partial charge is 0.478 e. The van der Waals surface area contributed by atoms with Crippen molar-refractivity contribution in [2.45, 2.75) is 26.7 Å². The fourth-order valence-electron chi connectivity index (χ4n) is 1.68. The number of benzene rings is 1. The zero-order valence-corrected chi connectivity index (χ0v) is 10.5. The molecule has 0 amide bonds. The second kappa shape index (κ2) is 6.33. The van der Waals surface area contributed by atoms with Crippen molar-refractivity contribution in [3.63, 3.8) is 0 Å². The van der Waals surface area contributed by atoms with Gasteiger partial charge in [-0.1, -0.05) is 26.7 Å². The fraction of sp³-hybridized carbons (Fsp3) is 0.462. The zero-order valence-electron chi connectivity index (χ0n) is 10.5. The zero-order chi connectivity index (χ0) is 13.7. The first kappa shape index (κ1) is 14.4. The van der Waals surface area contributed by atoms with E-state index in [4.69, 9.17) is 5.11 Å². The Labute approximate surface area is 105 Å². The highest BCUT2D eigenvalue weighted by molar-refractivity contribution is 5.88. The van der Waals surface area contributed by atoms with E-state index in [1.165, 1.54) is 6.07 Å². The molecule has 0 aromatic heterocycles. The van der Waals surface area contributed by atoms with Gasteiger partial charge >= 0.3 is 5.97 Å². The van der Waals surface area contributed by atoms with Crippen LogP contribution in [-0.2, 0) is 0 Å². The van der Waals surface area contributed by atoms with E-state index >= 15 is 0 Å². The van der Waals surface area contributed by atoms with Crippen molar-refractivity contribution in [1.29, 1.82) is 0 Å². The molecule has 1 rings (SSSR count). The van der Waals surface area contributed by atoms with Crippen LogP contribution in [0.5, 0.6) is 0 Å². The number of carbonyl (C=O) groups is 1. The first-order valence-corrected chi connectivity index (χ1v) is 5.96. The van der Waals surface area contributed by atoms with Gasteiger partial charge in [0.2, 0.25) is 0 Å². The maximum atomic E-state index is 13.6. The van der Waals surface area contributed by atoms with E-state index in [9.17, 15) is 13.6 Å². The minimum absolute atomic E-state index is 0.00407. The molecule has 0 radical (unpaired) electrons. The van der Waals surface area contributed by atoms with Gasteiger partial charge in [-0.15, -0.1) is 0 Å². The molecule has 0 aliphatic rings. The minimum Gasteiger partial charge on any atom is -0.478 e. The van der Waals surface area contributed by atoms with Crippen molar-refractivity contribution >= 4 is 11.7 Å².